The zero-order valence-electron chi connectivity index (χ0n) is 16.3. The van der Waals surface area contributed by atoms with E-state index in [9.17, 15) is 13.2 Å². The lowest BCUT2D eigenvalue weighted by molar-refractivity contribution is -0.148. The van der Waals surface area contributed by atoms with Gasteiger partial charge in [-0.05, 0) is 70.8 Å². The predicted octanol–water partition coefficient (Wildman–Crippen LogP) is 3.14. The van der Waals surface area contributed by atoms with Gasteiger partial charge < -0.3 is 9.64 Å². The Balaban J connectivity index is 2.26. The molecule has 1 heterocycles. The summed E-state index contributed by atoms with van der Waals surface area (Å²) in [5, 5.41) is 0. The van der Waals surface area contributed by atoms with Crippen LogP contribution in [0.5, 0.6) is 0 Å². The van der Waals surface area contributed by atoms with Crippen LogP contribution in [-0.2, 0) is 26.1 Å². The monoisotopic (exact) mass is 390 g/mol. The average molecular weight is 391 g/mol. The van der Waals surface area contributed by atoms with Crippen molar-refractivity contribution in [2.24, 2.45) is 0 Å². The highest BCUT2D eigenvalue weighted by Gasteiger charge is 2.19. The van der Waals surface area contributed by atoms with E-state index in [4.69, 9.17) is 4.74 Å². The largest absolute Gasteiger partial charge is 0.457 e. The fraction of sp³-hybridized carbons (Fsp3) is 0.350. The molecule has 0 saturated carbocycles. The number of carbonyl (C=O) groups excluding carboxylic acids is 1. The van der Waals surface area contributed by atoms with E-state index in [1.54, 1.807) is 57.2 Å². The van der Waals surface area contributed by atoms with E-state index in [0.717, 1.165) is 16.1 Å². The third-order valence-electron chi connectivity index (χ3n) is 3.52. The summed E-state index contributed by atoms with van der Waals surface area (Å²) in [4.78, 5) is 14.0. The first kappa shape index (κ1) is 20.9. The number of hydrogen-bond acceptors (Lipinski definition) is 5. The van der Waals surface area contributed by atoms with Gasteiger partial charge in [0.05, 0.1) is 10.6 Å². The SMILES string of the molecule is CN(C)Cc1ccc(S(=O)(=O)n2cccc2C=CC(=O)OC(C)(C)C)cc1. The van der Waals surface area contributed by atoms with Crippen molar-refractivity contribution in [2.45, 2.75) is 37.8 Å². The number of aromatic nitrogens is 1. The lowest BCUT2D eigenvalue weighted by atomic mass is 10.2. The van der Waals surface area contributed by atoms with Crippen molar-refractivity contribution in [1.29, 1.82) is 0 Å². The molecule has 2 aromatic rings. The van der Waals surface area contributed by atoms with E-state index in [2.05, 4.69) is 0 Å². The molecular weight excluding hydrogens is 364 g/mol. The Morgan fingerprint density at radius 3 is 2.33 bits per heavy atom. The van der Waals surface area contributed by atoms with Crippen LogP contribution in [0.15, 0.2) is 53.6 Å². The van der Waals surface area contributed by atoms with E-state index < -0.39 is 21.6 Å². The van der Waals surface area contributed by atoms with Crippen LogP contribution >= 0.6 is 0 Å². The first-order valence-corrected chi connectivity index (χ1v) is 10.0. The Kier molecular flexibility index (Phi) is 6.28. The molecule has 0 bridgehead atoms. The molecule has 0 saturated heterocycles. The lowest BCUT2D eigenvalue weighted by Gasteiger charge is -2.17. The second-order valence-electron chi connectivity index (χ2n) is 7.48. The summed E-state index contributed by atoms with van der Waals surface area (Å²) in [7, 11) is 0.149. The highest BCUT2D eigenvalue weighted by atomic mass is 32.2. The summed E-state index contributed by atoms with van der Waals surface area (Å²) in [6.07, 6.45) is 4.12. The van der Waals surface area contributed by atoms with Gasteiger partial charge >= 0.3 is 5.97 Å². The maximum Gasteiger partial charge on any atom is 0.331 e. The van der Waals surface area contributed by atoms with Gasteiger partial charge in [0.1, 0.15) is 5.60 Å². The Hall–Kier alpha value is -2.38. The smallest absolute Gasteiger partial charge is 0.331 e. The molecule has 0 aliphatic carbocycles. The summed E-state index contributed by atoms with van der Waals surface area (Å²) >= 11 is 0. The number of esters is 1. The maximum atomic E-state index is 12.9. The lowest BCUT2D eigenvalue weighted by Crippen LogP contribution is -2.22. The minimum atomic E-state index is -3.75. The molecule has 27 heavy (non-hydrogen) atoms. The summed E-state index contributed by atoms with van der Waals surface area (Å²) in [6, 6.07) is 10.0. The minimum absolute atomic E-state index is 0.188. The zero-order chi connectivity index (χ0) is 20.2. The van der Waals surface area contributed by atoms with Crippen molar-refractivity contribution < 1.29 is 17.9 Å². The second kappa shape index (κ2) is 8.10. The van der Waals surface area contributed by atoms with Gasteiger partial charge in [-0.25, -0.2) is 17.2 Å². The van der Waals surface area contributed by atoms with Crippen molar-refractivity contribution in [2.75, 3.05) is 14.1 Å². The third-order valence-corrected chi connectivity index (χ3v) is 5.24. The highest BCUT2D eigenvalue weighted by molar-refractivity contribution is 7.90. The molecule has 0 N–H and O–H groups in total. The predicted molar refractivity (Wildman–Crippen MR) is 106 cm³/mol. The molecule has 0 unspecified atom stereocenters. The standard InChI is InChI=1S/C20H26N2O4S/c1-20(2,3)26-19(23)13-10-17-7-6-14-22(17)27(24,25)18-11-8-16(9-12-18)15-21(4)5/h6-14H,15H2,1-5H3. The first-order valence-electron chi connectivity index (χ1n) is 8.57. The number of ether oxygens (including phenoxy) is 1. The van der Waals surface area contributed by atoms with Crippen LogP contribution in [0.2, 0.25) is 0 Å². The van der Waals surface area contributed by atoms with E-state index >= 15 is 0 Å². The van der Waals surface area contributed by atoms with Crippen molar-refractivity contribution in [3.63, 3.8) is 0 Å². The minimum Gasteiger partial charge on any atom is -0.457 e. The van der Waals surface area contributed by atoms with E-state index in [0.29, 0.717) is 5.69 Å². The van der Waals surface area contributed by atoms with Crippen molar-refractivity contribution in [3.8, 4) is 0 Å². The van der Waals surface area contributed by atoms with Crippen LogP contribution in [0.1, 0.15) is 32.0 Å². The van der Waals surface area contributed by atoms with E-state index in [1.165, 1.54) is 18.3 Å². The fourth-order valence-electron chi connectivity index (χ4n) is 2.46. The van der Waals surface area contributed by atoms with Gasteiger partial charge in [-0.2, -0.15) is 0 Å². The third kappa shape index (κ3) is 5.80. The summed E-state index contributed by atoms with van der Waals surface area (Å²) in [5.74, 6) is -0.527. The van der Waals surface area contributed by atoms with Gasteiger partial charge in [0.25, 0.3) is 10.0 Å². The molecule has 1 aromatic carbocycles. The summed E-state index contributed by atoms with van der Waals surface area (Å²) in [6.45, 7) is 6.04. The molecule has 2 rings (SSSR count). The Morgan fingerprint density at radius 2 is 1.78 bits per heavy atom. The Labute approximate surface area is 161 Å². The van der Waals surface area contributed by atoms with Crippen molar-refractivity contribution in [3.05, 3.63) is 59.9 Å². The molecule has 0 fully saturated rings. The average Bonchev–Trinajstić information content (AvgIpc) is 3.00. The van der Waals surface area contributed by atoms with Crippen LogP contribution in [0.25, 0.3) is 6.08 Å². The van der Waals surface area contributed by atoms with Gasteiger partial charge in [-0.3, -0.25) is 0 Å². The van der Waals surface area contributed by atoms with Crippen LogP contribution < -0.4 is 0 Å². The number of carbonyl (C=O) groups is 1. The molecule has 0 radical (unpaired) electrons. The molecule has 0 aliphatic heterocycles. The number of rotatable bonds is 6. The van der Waals surface area contributed by atoms with Crippen LogP contribution in [0.4, 0.5) is 0 Å². The van der Waals surface area contributed by atoms with E-state index in [1.807, 2.05) is 19.0 Å². The number of nitrogens with zero attached hydrogens (tertiary/aromatic N) is 2. The molecule has 7 heteroatoms. The fourth-order valence-corrected chi connectivity index (χ4v) is 3.80. The van der Waals surface area contributed by atoms with E-state index in [-0.39, 0.29) is 4.90 Å². The highest BCUT2D eigenvalue weighted by Crippen LogP contribution is 2.19. The summed E-state index contributed by atoms with van der Waals surface area (Å²) in [5.41, 5.74) is 0.791. The van der Waals surface area contributed by atoms with Gasteiger partial charge in [-0.1, -0.05) is 12.1 Å². The van der Waals surface area contributed by atoms with Gasteiger partial charge in [0, 0.05) is 18.8 Å². The molecule has 6 nitrogen and oxygen atoms in total. The number of hydrogen-bond donors (Lipinski definition) is 0. The van der Waals surface area contributed by atoms with Crippen LogP contribution in [0, 0.1) is 0 Å². The molecule has 0 aliphatic rings. The zero-order valence-corrected chi connectivity index (χ0v) is 17.2. The summed E-state index contributed by atoms with van der Waals surface area (Å²) < 4.78 is 32.2. The van der Waals surface area contributed by atoms with Crippen molar-refractivity contribution in [1.82, 2.24) is 8.87 Å². The molecule has 0 spiro atoms. The molecule has 0 atom stereocenters. The molecule has 1 aromatic heterocycles. The topological polar surface area (TPSA) is 68.6 Å². The number of benzene rings is 1. The van der Waals surface area contributed by atoms with Crippen LogP contribution in [0.3, 0.4) is 0 Å². The van der Waals surface area contributed by atoms with Crippen LogP contribution in [-0.4, -0.2) is 43.0 Å². The second-order valence-corrected chi connectivity index (χ2v) is 9.30. The van der Waals surface area contributed by atoms with Gasteiger partial charge in [0.15, 0.2) is 0 Å². The van der Waals surface area contributed by atoms with Gasteiger partial charge in [0.2, 0.25) is 0 Å². The Morgan fingerprint density at radius 1 is 1.15 bits per heavy atom. The quantitative estimate of drug-likeness (QED) is 0.560. The normalized spacial score (nSPS) is 12.7. The Bertz CT molecular complexity index is 918. The van der Waals surface area contributed by atoms with Crippen molar-refractivity contribution >= 4 is 22.1 Å². The molecular formula is C20H26N2O4S. The maximum absolute atomic E-state index is 12.9. The molecule has 146 valence electrons. The first-order chi connectivity index (χ1) is 12.5. The molecule has 0 amide bonds. The van der Waals surface area contributed by atoms with Gasteiger partial charge in [-0.15, -0.1) is 0 Å².